The molecular formula is C14H19AsN2O6. The van der Waals surface area contributed by atoms with Crippen LogP contribution >= 0.6 is 0 Å². The maximum Gasteiger partial charge on any atom is 0.133 e. The van der Waals surface area contributed by atoms with E-state index in [0.717, 1.165) is 17.9 Å². The van der Waals surface area contributed by atoms with E-state index in [0.29, 0.717) is 6.54 Å². The monoisotopic (exact) mass is 386 g/mol. The maximum absolute atomic E-state index is 11.3. The Balaban J connectivity index is 0.000000366. The number of carbonyl (C=O) groups is 1. The fourth-order valence-corrected chi connectivity index (χ4v) is 2.92. The van der Waals surface area contributed by atoms with E-state index in [1.54, 1.807) is 19.2 Å². The Hall–Kier alpha value is -2.02. The molecule has 0 fully saturated rings. The van der Waals surface area contributed by atoms with Crippen molar-refractivity contribution in [1.29, 1.82) is 0 Å². The zero-order valence-electron chi connectivity index (χ0n) is 13.0. The van der Waals surface area contributed by atoms with Crippen molar-refractivity contribution in [1.82, 2.24) is 5.16 Å². The molecule has 2 aromatic rings. The number of rotatable bonds is 3. The molecule has 0 aliphatic rings. The van der Waals surface area contributed by atoms with E-state index >= 15 is 0 Å². The molecule has 0 bridgehead atoms. The van der Waals surface area contributed by atoms with Crippen LogP contribution in [0.2, 0.25) is 0 Å². The van der Waals surface area contributed by atoms with E-state index in [1.165, 1.54) is 17.9 Å². The molecule has 0 saturated heterocycles. The van der Waals surface area contributed by atoms with Gasteiger partial charge in [0, 0.05) is 6.07 Å². The minimum Gasteiger partial charge on any atom is -0.362 e. The van der Waals surface area contributed by atoms with Crippen LogP contribution in [0.15, 0.2) is 35.0 Å². The average molecular weight is 386 g/mol. The van der Waals surface area contributed by atoms with E-state index in [4.69, 9.17) is 8.19 Å². The predicted octanol–water partition coefficient (Wildman–Crippen LogP) is 0.309. The summed E-state index contributed by atoms with van der Waals surface area (Å²) >= 11 is -5.02. The number of aryl methyl sites for hydroxylation is 1. The zero-order valence-corrected chi connectivity index (χ0v) is 14.9. The van der Waals surface area contributed by atoms with Crippen LogP contribution in [0, 0.1) is 6.92 Å². The Labute approximate surface area is 136 Å². The molecule has 0 radical (unpaired) electrons. The quantitative estimate of drug-likeness (QED) is 0.649. The van der Waals surface area contributed by atoms with Crippen LogP contribution in [0.5, 0.6) is 5.75 Å². The van der Waals surface area contributed by atoms with Gasteiger partial charge in [0.1, 0.15) is 5.76 Å². The molecule has 1 amide bonds. The van der Waals surface area contributed by atoms with Crippen LogP contribution in [0.4, 0.5) is 5.69 Å². The number of hydrogen-bond donors (Lipinski definition) is 3. The summed E-state index contributed by atoms with van der Waals surface area (Å²) in [6, 6.07) is 5.30. The first-order valence-corrected chi connectivity index (χ1v) is 10.1. The summed E-state index contributed by atoms with van der Waals surface area (Å²) in [5.41, 5.74) is 0.113. The molecule has 0 saturated carbocycles. The molecule has 0 atom stereocenters. The summed E-state index contributed by atoms with van der Waals surface area (Å²) < 4.78 is 33.7. The van der Waals surface area contributed by atoms with Gasteiger partial charge in [0.2, 0.25) is 0 Å². The van der Waals surface area contributed by atoms with Gasteiger partial charge in [-0.15, -0.1) is 0 Å². The minimum atomic E-state index is -5.02. The Morgan fingerprint density at radius 3 is 2.35 bits per heavy atom. The zero-order chi connectivity index (χ0) is 17.6. The van der Waals surface area contributed by atoms with Crippen LogP contribution in [0.3, 0.4) is 0 Å². The standard InChI is InChI=1S/C10H14AsNO5.C4H5NO/c1-3-12(7(2)13)9-6-8(11(15,16)17)4-5-10(9)14;1-4-2-3-5-6-4/h4-6,14H,3H2,1-2H3,(H2,15,16,17);2-3H,1H3. The van der Waals surface area contributed by atoms with Gasteiger partial charge in [-0.2, -0.15) is 0 Å². The predicted molar refractivity (Wildman–Crippen MR) is 83.6 cm³/mol. The molecule has 126 valence electrons. The van der Waals surface area contributed by atoms with Gasteiger partial charge in [-0.3, -0.25) is 0 Å². The molecule has 0 aliphatic carbocycles. The van der Waals surface area contributed by atoms with Crippen molar-refractivity contribution in [3.8, 4) is 5.75 Å². The number of phenols is 1. The summed E-state index contributed by atoms with van der Waals surface area (Å²) in [6.45, 7) is 5.18. The van der Waals surface area contributed by atoms with Crippen molar-refractivity contribution in [3.63, 3.8) is 0 Å². The van der Waals surface area contributed by atoms with Gasteiger partial charge in [-0.25, -0.2) is 0 Å². The molecule has 3 N–H and O–H groups in total. The Kier molecular flexibility index (Phi) is 6.62. The average Bonchev–Trinajstić information content (AvgIpc) is 2.92. The number of aromatic hydroxyl groups is 1. The molecular weight excluding hydrogens is 367 g/mol. The van der Waals surface area contributed by atoms with Gasteiger partial charge in [-0.05, 0) is 6.92 Å². The van der Waals surface area contributed by atoms with E-state index in [9.17, 15) is 13.6 Å². The number of hydrogen-bond acceptors (Lipinski definition) is 5. The number of benzene rings is 1. The molecule has 1 aromatic carbocycles. The second kappa shape index (κ2) is 8.01. The van der Waals surface area contributed by atoms with Gasteiger partial charge in [0.05, 0.1) is 6.20 Å². The molecule has 0 unspecified atom stereocenters. The Morgan fingerprint density at radius 2 is 2.00 bits per heavy atom. The van der Waals surface area contributed by atoms with Crippen molar-refractivity contribution in [3.05, 3.63) is 36.2 Å². The van der Waals surface area contributed by atoms with E-state index in [-0.39, 0.29) is 21.7 Å². The third kappa shape index (κ3) is 5.59. The Bertz CT molecular complexity index is 695. The van der Waals surface area contributed by atoms with Gasteiger partial charge in [-0.1, -0.05) is 5.16 Å². The number of carbonyl (C=O) groups excluding carboxylic acids is 1. The first-order valence-electron chi connectivity index (χ1n) is 6.71. The molecule has 1 aromatic heterocycles. The minimum absolute atomic E-state index is 0.113. The first kappa shape index (κ1) is 19.0. The van der Waals surface area contributed by atoms with Gasteiger partial charge in [0.25, 0.3) is 0 Å². The summed E-state index contributed by atoms with van der Waals surface area (Å²) in [6.07, 6.45) is 1.62. The van der Waals surface area contributed by atoms with Crippen LogP contribution in [-0.4, -0.2) is 45.1 Å². The molecule has 0 aliphatic heterocycles. The van der Waals surface area contributed by atoms with Gasteiger partial charge < -0.3 is 4.52 Å². The van der Waals surface area contributed by atoms with E-state index < -0.39 is 14.2 Å². The van der Waals surface area contributed by atoms with Crippen molar-refractivity contribution in [2.75, 3.05) is 11.4 Å². The molecule has 23 heavy (non-hydrogen) atoms. The molecule has 2 rings (SSSR count). The second-order valence-electron chi connectivity index (χ2n) is 4.60. The van der Waals surface area contributed by atoms with E-state index in [1.807, 2.05) is 6.92 Å². The van der Waals surface area contributed by atoms with Crippen molar-refractivity contribution < 1.29 is 26.4 Å². The number of aromatic nitrogens is 1. The largest absolute Gasteiger partial charge is 0.362 e. The third-order valence-corrected chi connectivity index (χ3v) is 4.84. The number of nitrogens with zero attached hydrogens (tertiary/aromatic N) is 2. The van der Waals surface area contributed by atoms with Crippen molar-refractivity contribution >= 4 is 30.1 Å². The van der Waals surface area contributed by atoms with Gasteiger partial charge in [0.15, 0.2) is 0 Å². The third-order valence-electron chi connectivity index (χ3n) is 2.85. The van der Waals surface area contributed by atoms with Crippen LogP contribution in [-0.2, 0) is 8.53 Å². The summed E-state index contributed by atoms with van der Waals surface area (Å²) in [4.78, 5) is 12.6. The van der Waals surface area contributed by atoms with Crippen molar-refractivity contribution in [2.45, 2.75) is 20.8 Å². The molecule has 8 nitrogen and oxygen atoms in total. The molecule has 9 heteroatoms. The molecule has 1 heterocycles. The second-order valence-corrected chi connectivity index (χ2v) is 7.97. The first-order chi connectivity index (χ1) is 10.7. The number of phenolic OH excluding ortho intramolecular Hbond substituents is 1. The smallest absolute Gasteiger partial charge is 0.133 e. The van der Waals surface area contributed by atoms with E-state index in [2.05, 4.69) is 9.68 Å². The van der Waals surface area contributed by atoms with Crippen LogP contribution in [0.1, 0.15) is 19.6 Å². The SMILES string of the molecule is CCN(C(C)=O)c1cc([As](=O)(O)O)ccc1O.Cc1ccno1. The number of amides is 1. The van der Waals surface area contributed by atoms with Crippen molar-refractivity contribution in [2.24, 2.45) is 0 Å². The van der Waals surface area contributed by atoms with Gasteiger partial charge >= 0.3 is 101 Å². The summed E-state index contributed by atoms with van der Waals surface area (Å²) in [5.74, 6) is 0.364. The Morgan fingerprint density at radius 1 is 1.35 bits per heavy atom. The normalized spacial score (nSPS) is 10.7. The van der Waals surface area contributed by atoms with Crippen LogP contribution < -0.4 is 9.25 Å². The summed E-state index contributed by atoms with van der Waals surface area (Å²) in [7, 11) is 0. The maximum atomic E-state index is 11.3. The van der Waals surface area contributed by atoms with Crippen LogP contribution in [0.25, 0.3) is 0 Å². The topological polar surface area (TPSA) is 124 Å². The fourth-order valence-electron chi connectivity index (χ4n) is 1.75. The number of anilines is 1. The molecule has 0 spiro atoms. The fraction of sp³-hybridized carbons (Fsp3) is 0.286. The summed E-state index contributed by atoms with van der Waals surface area (Å²) in [5, 5.41) is 13.1.